The minimum absolute atomic E-state index is 0.0135. The molecule has 0 spiro atoms. The predicted octanol–water partition coefficient (Wildman–Crippen LogP) is 7.75. The second-order valence-electron chi connectivity index (χ2n) is 9.94. The van der Waals surface area contributed by atoms with Crippen molar-refractivity contribution in [3.05, 3.63) is 78.4 Å². The molecule has 0 amide bonds. The molecule has 4 rings (SSSR count). The maximum atomic E-state index is 6.80. The van der Waals surface area contributed by atoms with E-state index in [0.717, 1.165) is 43.4 Å². The van der Waals surface area contributed by atoms with Crippen LogP contribution in [-0.2, 0) is 4.74 Å². The van der Waals surface area contributed by atoms with Gasteiger partial charge in [0, 0.05) is 5.41 Å². The van der Waals surface area contributed by atoms with Gasteiger partial charge in [-0.15, -0.1) is 0 Å². The highest BCUT2D eigenvalue weighted by molar-refractivity contribution is 5.30. The van der Waals surface area contributed by atoms with Gasteiger partial charge in [0.25, 0.3) is 0 Å². The van der Waals surface area contributed by atoms with E-state index in [-0.39, 0.29) is 17.8 Å². The molecule has 0 radical (unpaired) electrons. The van der Waals surface area contributed by atoms with Crippen LogP contribution in [0.3, 0.4) is 0 Å². The lowest BCUT2D eigenvalue weighted by Gasteiger charge is -2.40. The van der Waals surface area contributed by atoms with Crippen LogP contribution in [-0.4, -0.2) is 12.4 Å². The molecule has 1 saturated carbocycles. The SMILES string of the molecule is C=C1/C=C\C=C/CCCC1OC(Oc1ccc(C(C)CC)cc1)C1(C)CC2C=CC1C2. The Kier molecular flexibility index (Phi) is 6.86. The third-order valence-electron chi connectivity index (χ3n) is 7.66. The molecule has 1 fully saturated rings. The minimum Gasteiger partial charge on any atom is -0.464 e. The zero-order chi connectivity index (χ0) is 21.8. The number of hydrogen-bond donors (Lipinski definition) is 0. The van der Waals surface area contributed by atoms with Crippen molar-refractivity contribution in [3.8, 4) is 5.75 Å². The zero-order valence-electron chi connectivity index (χ0n) is 19.4. The van der Waals surface area contributed by atoms with Crippen molar-refractivity contribution in [3.63, 3.8) is 0 Å². The predicted molar refractivity (Wildman–Crippen MR) is 129 cm³/mol. The third-order valence-corrected chi connectivity index (χ3v) is 7.66. The number of allylic oxidation sites excluding steroid dienone is 5. The lowest BCUT2D eigenvalue weighted by atomic mass is 9.76. The van der Waals surface area contributed by atoms with Gasteiger partial charge in [-0.3, -0.25) is 0 Å². The van der Waals surface area contributed by atoms with Gasteiger partial charge >= 0.3 is 0 Å². The van der Waals surface area contributed by atoms with Gasteiger partial charge in [0.1, 0.15) is 5.75 Å². The van der Waals surface area contributed by atoms with Crippen molar-refractivity contribution in [2.75, 3.05) is 0 Å². The average Bonchev–Trinajstić information content (AvgIpc) is 3.39. The lowest BCUT2D eigenvalue weighted by Crippen LogP contribution is -2.44. The summed E-state index contributed by atoms with van der Waals surface area (Å²) in [6.07, 6.45) is 19.6. The van der Waals surface area contributed by atoms with Crippen LogP contribution in [0.2, 0.25) is 0 Å². The van der Waals surface area contributed by atoms with Crippen LogP contribution in [0.25, 0.3) is 0 Å². The molecule has 0 N–H and O–H groups in total. The average molecular weight is 419 g/mol. The van der Waals surface area contributed by atoms with Gasteiger partial charge in [-0.2, -0.15) is 0 Å². The summed E-state index contributed by atoms with van der Waals surface area (Å²) in [4.78, 5) is 0. The number of ether oxygens (including phenoxy) is 2. The van der Waals surface area contributed by atoms with Crippen LogP contribution in [0.4, 0.5) is 0 Å². The van der Waals surface area contributed by atoms with E-state index in [1.807, 2.05) is 0 Å². The minimum atomic E-state index is -0.286. The van der Waals surface area contributed by atoms with Gasteiger partial charge in [-0.05, 0) is 79.5 Å². The molecule has 6 atom stereocenters. The Labute approximate surface area is 188 Å². The fourth-order valence-corrected chi connectivity index (χ4v) is 5.33. The molecule has 0 heterocycles. The van der Waals surface area contributed by atoms with Crippen LogP contribution < -0.4 is 4.74 Å². The molecule has 3 aliphatic carbocycles. The van der Waals surface area contributed by atoms with Crippen LogP contribution in [0.15, 0.2) is 72.9 Å². The highest BCUT2D eigenvalue weighted by Crippen LogP contribution is 2.55. The van der Waals surface area contributed by atoms with Gasteiger partial charge in [0.2, 0.25) is 6.29 Å². The summed E-state index contributed by atoms with van der Waals surface area (Å²) in [6, 6.07) is 8.64. The van der Waals surface area contributed by atoms with Crippen molar-refractivity contribution < 1.29 is 9.47 Å². The van der Waals surface area contributed by atoms with Crippen molar-refractivity contribution in [2.45, 2.75) is 77.6 Å². The molecule has 166 valence electrons. The summed E-state index contributed by atoms with van der Waals surface area (Å²) in [5.74, 6) is 2.64. The highest BCUT2D eigenvalue weighted by atomic mass is 16.7. The van der Waals surface area contributed by atoms with Crippen molar-refractivity contribution in [2.24, 2.45) is 17.3 Å². The molecular formula is C29H38O2. The number of fused-ring (bicyclic) bond motifs is 2. The Balaban J connectivity index is 1.56. The van der Waals surface area contributed by atoms with Gasteiger partial charge < -0.3 is 9.47 Å². The fourth-order valence-electron chi connectivity index (χ4n) is 5.33. The van der Waals surface area contributed by atoms with Crippen molar-refractivity contribution in [1.82, 2.24) is 0 Å². The summed E-state index contributed by atoms with van der Waals surface area (Å²) in [5, 5.41) is 0. The molecule has 2 bridgehead atoms. The lowest BCUT2D eigenvalue weighted by molar-refractivity contribution is -0.181. The quantitative estimate of drug-likeness (QED) is 0.333. The molecule has 31 heavy (non-hydrogen) atoms. The van der Waals surface area contributed by atoms with E-state index in [9.17, 15) is 0 Å². The molecule has 2 heteroatoms. The topological polar surface area (TPSA) is 18.5 Å². The van der Waals surface area contributed by atoms with Gasteiger partial charge in [-0.1, -0.05) is 75.9 Å². The smallest absolute Gasteiger partial charge is 0.206 e. The van der Waals surface area contributed by atoms with E-state index in [1.54, 1.807) is 0 Å². The molecule has 1 aromatic rings. The van der Waals surface area contributed by atoms with Gasteiger partial charge in [0.05, 0.1) is 6.10 Å². The Bertz CT molecular complexity index is 846. The second-order valence-corrected chi connectivity index (χ2v) is 9.94. The van der Waals surface area contributed by atoms with E-state index >= 15 is 0 Å². The molecule has 1 aromatic carbocycles. The summed E-state index contributed by atoms with van der Waals surface area (Å²) >= 11 is 0. The first kappa shape index (κ1) is 22.1. The second kappa shape index (κ2) is 9.61. The van der Waals surface area contributed by atoms with E-state index in [0.29, 0.717) is 17.8 Å². The number of rotatable bonds is 7. The molecule has 0 saturated heterocycles. The van der Waals surface area contributed by atoms with Crippen LogP contribution in [0, 0.1) is 17.3 Å². The molecule has 0 aromatic heterocycles. The first-order valence-corrected chi connectivity index (χ1v) is 12.1. The highest BCUT2D eigenvalue weighted by Gasteiger charge is 2.52. The molecule has 2 nitrogen and oxygen atoms in total. The Morgan fingerprint density at radius 2 is 1.97 bits per heavy atom. The summed E-state index contributed by atoms with van der Waals surface area (Å²) in [6.45, 7) is 11.2. The van der Waals surface area contributed by atoms with Gasteiger partial charge in [0.15, 0.2) is 0 Å². The van der Waals surface area contributed by atoms with E-state index < -0.39 is 0 Å². The standard InChI is InChI=1S/C29H38O2/c1-5-21(2)24-14-17-26(18-15-24)30-28(29(4)20-23-13-16-25(29)19-23)31-27-12-10-8-6-7-9-11-22(27)3/h6-7,9,11,13-18,21,23,25,27-28H,3,5,8,10,12,19-20H2,1-2,4H3/b7-6-,11-9-. The van der Waals surface area contributed by atoms with E-state index in [1.165, 1.54) is 12.0 Å². The molecule has 6 unspecified atom stereocenters. The van der Waals surface area contributed by atoms with E-state index in [2.05, 4.69) is 88.1 Å². The van der Waals surface area contributed by atoms with Crippen LogP contribution in [0.1, 0.15) is 70.8 Å². The maximum Gasteiger partial charge on any atom is 0.206 e. The first-order chi connectivity index (χ1) is 15.0. The Morgan fingerprint density at radius 1 is 1.16 bits per heavy atom. The Morgan fingerprint density at radius 3 is 2.65 bits per heavy atom. The first-order valence-electron chi connectivity index (χ1n) is 12.1. The fraction of sp³-hybridized carbons (Fsp3) is 0.517. The summed E-state index contributed by atoms with van der Waals surface area (Å²) in [5.41, 5.74) is 2.38. The summed E-state index contributed by atoms with van der Waals surface area (Å²) in [7, 11) is 0. The number of benzene rings is 1. The molecular weight excluding hydrogens is 380 g/mol. The monoisotopic (exact) mass is 418 g/mol. The molecule has 3 aliphatic rings. The largest absolute Gasteiger partial charge is 0.464 e. The third kappa shape index (κ3) is 4.90. The van der Waals surface area contributed by atoms with Crippen molar-refractivity contribution in [1.29, 1.82) is 0 Å². The zero-order valence-corrected chi connectivity index (χ0v) is 19.4. The van der Waals surface area contributed by atoms with Gasteiger partial charge in [-0.25, -0.2) is 0 Å². The normalized spacial score (nSPS) is 33.9. The van der Waals surface area contributed by atoms with Crippen molar-refractivity contribution >= 4 is 0 Å². The molecule has 0 aliphatic heterocycles. The Hall–Kier alpha value is -2.06. The van der Waals surface area contributed by atoms with Crippen LogP contribution in [0.5, 0.6) is 5.75 Å². The maximum absolute atomic E-state index is 6.80. The van der Waals surface area contributed by atoms with E-state index in [4.69, 9.17) is 9.47 Å². The summed E-state index contributed by atoms with van der Waals surface area (Å²) < 4.78 is 13.4. The number of hydrogen-bond acceptors (Lipinski definition) is 2. The van der Waals surface area contributed by atoms with Crippen LogP contribution >= 0.6 is 0 Å².